The molecule has 1 aromatic carbocycles. The first kappa shape index (κ1) is 13.9. The maximum atomic E-state index is 10.8. The van der Waals surface area contributed by atoms with Gasteiger partial charge in [0.25, 0.3) is 0 Å². The summed E-state index contributed by atoms with van der Waals surface area (Å²) < 4.78 is 4.09. The fourth-order valence-corrected chi connectivity index (χ4v) is 3.05. The monoisotopic (exact) mass is 304 g/mol. The van der Waals surface area contributed by atoms with Crippen LogP contribution in [-0.2, 0) is 11.3 Å². The maximum absolute atomic E-state index is 10.8. The van der Waals surface area contributed by atoms with Gasteiger partial charge < -0.3 is 9.67 Å². The van der Waals surface area contributed by atoms with E-state index in [1.165, 1.54) is 11.8 Å². The Morgan fingerprint density at radius 3 is 2.76 bits per heavy atom. The maximum Gasteiger partial charge on any atom is 0.313 e. The van der Waals surface area contributed by atoms with Crippen molar-refractivity contribution in [3.05, 3.63) is 24.3 Å². The van der Waals surface area contributed by atoms with Crippen LogP contribution in [0.4, 0.5) is 0 Å². The van der Waals surface area contributed by atoms with Crippen molar-refractivity contribution in [3.63, 3.8) is 0 Å². The first-order chi connectivity index (χ1) is 10.2. The molecule has 0 saturated heterocycles. The molecule has 7 heteroatoms. The quantitative estimate of drug-likeness (QED) is 0.709. The van der Waals surface area contributed by atoms with E-state index in [-0.39, 0.29) is 5.75 Å². The summed E-state index contributed by atoms with van der Waals surface area (Å²) in [6.07, 6.45) is 2.17. The van der Waals surface area contributed by atoms with Gasteiger partial charge in [-0.25, -0.2) is 0 Å². The lowest BCUT2D eigenvalue weighted by molar-refractivity contribution is -0.133. The van der Waals surface area contributed by atoms with Gasteiger partial charge in [0, 0.05) is 6.54 Å². The number of aromatic nitrogens is 4. The Balaban J connectivity index is 2.14. The Kier molecular flexibility index (Phi) is 3.83. The lowest BCUT2D eigenvalue weighted by atomic mass is 10.3. The topological polar surface area (TPSA) is 72.4 Å². The molecule has 0 bridgehead atoms. The highest BCUT2D eigenvalue weighted by Crippen LogP contribution is 2.26. The van der Waals surface area contributed by atoms with E-state index in [1.807, 2.05) is 22.6 Å². The van der Waals surface area contributed by atoms with Crippen LogP contribution in [0.2, 0.25) is 0 Å². The third kappa shape index (κ3) is 2.49. The van der Waals surface area contributed by atoms with Gasteiger partial charge in [-0.05, 0) is 18.6 Å². The van der Waals surface area contributed by atoms with Gasteiger partial charge in [-0.3, -0.25) is 9.20 Å². The lowest BCUT2D eigenvalue weighted by Crippen LogP contribution is -1.99. The molecule has 2 aromatic heterocycles. The van der Waals surface area contributed by atoms with Crippen LogP contribution in [0.1, 0.15) is 19.8 Å². The van der Waals surface area contributed by atoms with Gasteiger partial charge in [0.05, 0.1) is 16.8 Å². The molecule has 0 fully saturated rings. The smallest absolute Gasteiger partial charge is 0.313 e. The molecule has 0 aliphatic rings. The Bertz CT molecular complexity index is 793. The molecule has 0 atom stereocenters. The molecule has 0 radical (unpaired) electrons. The number of fused-ring (bicyclic) bond motifs is 3. The highest BCUT2D eigenvalue weighted by Gasteiger charge is 2.17. The van der Waals surface area contributed by atoms with Crippen LogP contribution in [0, 0.1) is 0 Å². The minimum atomic E-state index is -0.855. The van der Waals surface area contributed by atoms with Gasteiger partial charge in [0.1, 0.15) is 0 Å². The lowest BCUT2D eigenvalue weighted by Gasteiger charge is -2.02. The first-order valence-electron chi connectivity index (χ1n) is 6.89. The number of benzene rings is 1. The van der Waals surface area contributed by atoms with Gasteiger partial charge >= 0.3 is 5.97 Å². The molecular formula is C14H16N4O2S. The van der Waals surface area contributed by atoms with Crippen molar-refractivity contribution < 1.29 is 9.90 Å². The molecule has 0 aliphatic carbocycles. The molecular weight excluding hydrogens is 288 g/mol. The van der Waals surface area contributed by atoms with E-state index in [4.69, 9.17) is 5.11 Å². The summed E-state index contributed by atoms with van der Waals surface area (Å²) in [4.78, 5) is 10.8. The molecule has 6 nitrogen and oxygen atoms in total. The predicted octanol–water partition coefficient (Wildman–Crippen LogP) is 2.66. The Morgan fingerprint density at radius 2 is 2.05 bits per heavy atom. The first-order valence-corrected chi connectivity index (χ1v) is 7.88. The summed E-state index contributed by atoms with van der Waals surface area (Å²) in [6, 6.07) is 8.05. The van der Waals surface area contributed by atoms with Crippen molar-refractivity contribution >= 4 is 34.5 Å². The summed E-state index contributed by atoms with van der Waals surface area (Å²) in [5, 5.41) is 17.8. The van der Waals surface area contributed by atoms with Gasteiger partial charge in [-0.1, -0.05) is 37.2 Å². The third-order valence-electron chi connectivity index (χ3n) is 3.33. The van der Waals surface area contributed by atoms with Crippen molar-refractivity contribution in [3.8, 4) is 0 Å². The van der Waals surface area contributed by atoms with Gasteiger partial charge in [-0.15, -0.1) is 10.2 Å². The second-order valence-corrected chi connectivity index (χ2v) is 5.74. The zero-order chi connectivity index (χ0) is 14.8. The number of nitrogens with zero attached hydrogens (tertiary/aromatic N) is 4. The second-order valence-electron chi connectivity index (χ2n) is 4.79. The van der Waals surface area contributed by atoms with Gasteiger partial charge in [0.2, 0.25) is 5.78 Å². The van der Waals surface area contributed by atoms with E-state index in [1.54, 1.807) is 0 Å². The van der Waals surface area contributed by atoms with Crippen molar-refractivity contribution in [1.29, 1.82) is 0 Å². The minimum absolute atomic E-state index is 0.0186. The third-order valence-corrected chi connectivity index (χ3v) is 4.24. The molecule has 1 N–H and O–H groups in total. The summed E-state index contributed by atoms with van der Waals surface area (Å²) in [7, 11) is 0. The van der Waals surface area contributed by atoms with Crippen LogP contribution in [0.5, 0.6) is 0 Å². The van der Waals surface area contributed by atoms with Gasteiger partial charge in [0.15, 0.2) is 5.16 Å². The highest BCUT2D eigenvalue weighted by atomic mass is 32.2. The number of hydrogen-bond donors (Lipinski definition) is 1. The molecule has 2 heterocycles. The van der Waals surface area contributed by atoms with Crippen LogP contribution < -0.4 is 0 Å². The molecule has 0 spiro atoms. The fourth-order valence-electron chi connectivity index (χ4n) is 2.39. The van der Waals surface area contributed by atoms with Gasteiger partial charge in [-0.2, -0.15) is 0 Å². The van der Waals surface area contributed by atoms with Crippen LogP contribution in [0.3, 0.4) is 0 Å². The number of hydrogen-bond acceptors (Lipinski definition) is 4. The molecule has 0 aliphatic heterocycles. The van der Waals surface area contributed by atoms with E-state index < -0.39 is 5.97 Å². The number of aliphatic carboxylic acids is 1. The van der Waals surface area contributed by atoms with E-state index in [2.05, 4.69) is 27.8 Å². The highest BCUT2D eigenvalue weighted by molar-refractivity contribution is 7.99. The fraction of sp³-hybridized carbons (Fsp3) is 0.357. The average molecular weight is 304 g/mol. The number of carbonyl (C=O) groups is 1. The molecule has 3 aromatic rings. The number of aryl methyl sites for hydroxylation is 1. The van der Waals surface area contributed by atoms with E-state index in [0.717, 1.165) is 36.2 Å². The predicted molar refractivity (Wildman–Crippen MR) is 81.8 cm³/mol. The van der Waals surface area contributed by atoms with E-state index >= 15 is 0 Å². The van der Waals surface area contributed by atoms with Crippen molar-refractivity contribution in [1.82, 2.24) is 19.2 Å². The van der Waals surface area contributed by atoms with Crippen LogP contribution >= 0.6 is 11.8 Å². The number of imidazole rings is 1. The molecule has 3 rings (SSSR count). The standard InChI is InChI=1S/C14H16N4O2S/c1-2-3-8-17-10-6-4-5-7-11(10)18-13(17)15-16-14(18)21-9-12(19)20/h4-7H,2-3,8-9H2,1H3,(H,19,20). The number of unbranched alkanes of at least 4 members (excludes halogenated alkanes) is 1. The number of carboxylic acid groups (broad SMARTS) is 1. The molecule has 0 unspecified atom stereocenters. The zero-order valence-electron chi connectivity index (χ0n) is 11.7. The zero-order valence-corrected chi connectivity index (χ0v) is 12.5. The van der Waals surface area contributed by atoms with Crippen molar-refractivity contribution in [2.75, 3.05) is 5.75 Å². The summed E-state index contributed by atoms with van der Waals surface area (Å²) in [5.41, 5.74) is 2.12. The largest absolute Gasteiger partial charge is 0.481 e. The molecule has 110 valence electrons. The van der Waals surface area contributed by atoms with E-state index in [9.17, 15) is 4.79 Å². The van der Waals surface area contributed by atoms with Crippen LogP contribution in [0.25, 0.3) is 16.8 Å². The number of carboxylic acids is 1. The van der Waals surface area contributed by atoms with Crippen molar-refractivity contribution in [2.24, 2.45) is 0 Å². The molecule has 21 heavy (non-hydrogen) atoms. The van der Waals surface area contributed by atoms with Crippen LogP contribution in [-0.4, -0.2) is 36.0 Å². The Labute approximate surface area is 125 Å². The Morgan fingerprint density at radius 1 is 1.29 bits per heavy atom. The summed E-state index contributed by atoms with van der Waals surface area (Å²) in [6.45, 7) is 3.04. The van der Waals surface area contributed by atoms with E-state index in [0.29, 0.717) is 5.16 Å². The second kappa shape index (κ2) is 5.77. The average Bonchev–Trinajstić information content (AvgIpc) is 3.02. The summed E-state index contributed by atoms with van der Waals surface area (Å²) in [5.74, 6) is -0.0982. The number of para-hydroxylation sites is 2. The molecule has 0 saturated carbocycles. The van der Waals surface area contributed by atoms with Crippen LogP contribution in [0.15, 0.2) is 29.4 Å². The normalized spacial score (nSPS) is 11.5. The van der Waals surface area contributed by atoms with Crippen molar-refractivity contribution in [2.45, 2.75) is 31.5 Å². The summed E-state index contributed by atoms with van der Waals surface area (Å²) >= 11 is 1.19. The Hall–Kier alpha value is -2.02. The molecule has 0 amide bonds. The number of thioether (sulfide) groups is 1. The minimum Gasteiger partial charge on any atom is -0.481 e. The number of rotatable bonds is 6. The SMILES string of the molecule is CCCCn1c2ccccc2n2c(SCC(=O)O)nnc12.